The van der Waals surface area contributed by atoms with E-state index in [0.29, 0.717) is 12.1 Å². The van der Waals surface area contributed by atoms with Crippen LogP contribution in [0.4, 0.5) is 4.79 Å². The minimum absolute atomic E-state index is 0.248. The fraction of sp³-hybridized carbons (Fsp3) is 0.938. The highest BCUT2D eigenvalue weighted by atomic mass is 16.6. The van der Waals surface area contributed by atoms with Gasteiger partial charge in [0.1, 0.15) is 5.60 Å². The number of hydrogen-bond donors (Lipinski definition) is 2. The van der Waals surface area contributed by atoms with Crippen LogP contribution in [0.1, 0.15) is 52.9 Å². The lowest BCUT2D eigenvalue weighted by molar-refractivity contribution is 0.0521. The van der Waals surface area contributed by atoms with Crippen molar-refractivity contribution in [2.75, 3.05) is 13.1 Å². The van der Waals surface area contributed by atoms with Crippen molar-refractivity contribution in [2.45, 2.75) is 82.6 Å². The summed E-state index contributed by atoms with van der Waals surface area (Å²) in [4.78, 5) is 14.4. The molecule has 3 rings (SSSR count). The number of amides is 1. The molecule has 4 unspecified atom stereocenters. The maximum Gasteiger partial charge on any atom is 0.407 e. The van der Waals surface area contributed by atoms with E-state index in [2.05, 4.69) is 15.5 Å². The number of piperidine rings is 1. The summed E-state index contributed by atoms with van der Waals surface area (Å²) >= 11 is 0. The van der Waals surface area contributed by atoms with E-state index >= 15 is 0 Å². The number of fused-ring (bicyclic) bond motifs is 1. The van der Waals surface area contributed by atoms with Crippen molar-refractivity contribution in [2.24, 2.45) is 0 Å². The molecule has 0 radical (unpaired) electrons. The Labute approximate surface area is 127 Å². The van der Waals surface area contributed by atoms with Gasteiger partial charge in [0, 0.05) is 30.7 Å². The van der Waals surface area contributed by atoms with E-state index in [0.717, 1.165) is 12.5 Å². The zero-order valence-corrected chi connectivity index (χ0v) is 13.5. The van der Waals surface area contributed by atoms with Gasteiger partial charge in [-0.2, -0.15) is 0 Å². The van der Waals surface area contributed by atoms with Gasteiger partial charge < -0.3 is 15.4 Å². The lowest BCUT2D eigenvalue weighted by Crippen LogP contribution is -2.47. The van der Waals surface area contributed by atoms with Crippen molar-refractivity contribution in [1.29, 1.82) is 0 Å². The molecule has 0 aromatic carbocycles. The van der Waals surface area contributed by atoms with Crippen molar-refractivity contribution >= 4 is 6.09 Å². The number of alkyl carbamates (subject to hydrolysis) is 1. The number of nitrogens with one attached hydrogen (secondary N) is 2. The monoisotopic (exact) mass is 295 g/mol. The highest BCUT2D eigenvalue weighted by molar-refractivity contribution is 5.68. The first-order valence-electron chi connectivity index (χ1n) is 8.42. The van der Waals surface area contributed by atoms with Gasteiger partial charge in [-0.3, -0.25) is 4.90 Å². The standard InChI is InChI=1S/C16H29N3O2/c1-16(2,3)21-15(20)18-13-10-12(13)17-11-7-9-19-8-5-4-6-14(11)19/h11-14,17H,4-10H2,1-3H3,(H,18,20). The predicted molar refractivity (Wildman–Crippen MR) is 82.3 cm³/mol. The fourth-order valence-electron chi connectivity index (χ4n) is 3.71. The van der Waals surface area contributed by atoms with Crippen LogP contribution in [-0.2, 0) is 4.74 Å². The van der Waals surface area contributed by atoms with Gasteiger partial charge in [0.2, 0.25) is 0 Å². The van der Waals surface area contributed by atoms with Crippen LogP contribution in [0.15, 0.2) is 0 Å². The van der Waals surface area contributed by atoms with E-state index in [4.69, 9.17) is 4.74 Å². The third-order valence-electron chi connectivity index (χ3n) is 4.78. The van der Waals surface area contributed by atoms with Gasteiger partial charge >= 0.3 is 6.09 Å². The molecule has 2 heterocycles. The topological polar surface area (TPSA) is 53.6 Å². The van der Waals surface area contributed by atoms with Gasteiger partial charge in [0.15, 0.2) is 0 Å². The van der Waals surface area contributed by atoms with Crippen LogP contribution in [0.2, 0.25) is 0 Å². The van der Waals surface area contributed by atoms with Gasteiger partial charge in [-0.15, -0.1) is 0 Å². The second-order valence-corrected chi connectivity index (χ2v) is 7.76. The fourth-order valence-corrected chi connectivity index (χ4v) is 3.71. The highest BCUT2D eigenvalue weighted by Crippen LogP contribution is 2.30. The van der Waals surface area contributed by atoms with Gasteiger partial charge in [-0.25, -0.2) is 4.79 Å². The van der Waals surface area contributed by atoms with E-state index in [1.165, 1.54) is 38.8 Å². The van der Waals surface area contributed by atoms with Crippen LogP contribution in [0.5, 0.6) is 0 Å². The second-order valence-electron chi connectivity index (χ2n) is 7.76. The van der Waals surface area contributed by atoms with Crippen molar-refractivity contribution in [3.8, 4) is 0 Å². The summed E-state index contributed by atoms with van der Waals surface area (Å²) in [6.07, 6.45) is 6.04. The Hall–Kier alpha value is -0.810. The van der Waals surface area contributed by atoms with Crippen molar-refractivity contribution in [3.05, 3.63) is 0 Å². The van der Waals surface area contributed by atoms with E-state index in [1.54, 1.807) is 0 Å². The quantitative estimate of drug-likeness (QED) is 0.834. The van der Waals surface area contributed by atoms with Crippen molar-refractivity contribution in [3.63, 3.8) is 0 Å². The molecule has 3 fully saturated rings. The Morgan fingerprint density at radius 2 is 1.90 bits per heavy atom. The van der Waals surface area contributed by atoms with Crippen LogP contribution in [0.3, 0.4) is 0 Å². The van der Waals surface area contributed by atoms with Crippen LogP contribution >= 0.6 is 0 Å². The van der Waals surface area contributed by atoms with E-state index in [-0.39, 0.29) is 12.1 Å². The molecule has 0 aromatic heterocycles. The maximum absolute atomic E-state index is 11.8. The Morgan fingerprint density at radius 1 is 1.10 bits per heavy atom. The number of rotatable bonds is 3. The van der Waals surface area contributed by atoms with Crippen LogP contribution in [0.25, 0.3) is 0 Å². The molecule has 2 saturated heterocycles. The molecular formula is C16H29N3O2. The Balaban J connectivity index is 1.41. The number of carbonyl (C=O) groups is 1. The summed E-state index contributed by atoms with van der Waals surface area (Å²) in [7, 11) is 0. The normalized spacial score (nSPS) is 36.1. The van der Waals surface area contributed by atoms with E-state index < -0.39 is 5.60 Å². The lowest BCUT2D eigenvalue weighted by atomic mass is 9.99. The summed E-state index contributed by atoms with van der Waals surface area (Å²) in [6.45, 7) is 8.19. The predicted octanol–water partition coefficient (Wildman–Crippen LogP) is 1.87. The van der Waals surface area contributed by atoms with E-state index in [1.807, 2.05) is 20.8 Å². The molecule has 1 saturated carbocycles. The smallest absolute Gasteiger partial charge is 0.407 e. The summed E-state index contributed by atoms with van der Waals surface area (Å²) in [5.41, 5.74) is -0.421. The molecule has 4 atom stereocenters. The minimum atomic E-state index is -0.421. The second kappa shape index (κ2) is 5.76. The first-order valence-corrected chi connectivity index (χ1v) is 8.42. The Kier molecular flexibility index (Phi) is 4.14. The molecule has 0 aromatic rings. The first-order chi connectivity index (χ1) is 9.92. The van der Waals surface area contributed by atoms with E-state index in [9.17, 15) is 4.79 Å². The SMILES string of the molecule is CC(C)(C)OC(=O)NC1CC1NC1CCN2CCCCC12. The molecular weight excluding hydrogens is 266 g/mol. The molecule has 21 heavy (non-hydrogen) atoms. The summed E-state index contributed by atoms with van der Waals surface area (Å²) < 4.78 is 5.31. The molecule has 5 heteroatoms. The number of hydrogen-bond acceptors (Lipinski definition) is 4. The van der Waals surface area contributed by atoms with Gasteiger partial charge in [0.05, 0.1) is 0 Å². The number of nitrogens with zero attached hydrogens (tertiary/aromatic N) is 1. The molecule has 1 aliphatic carbocycles. The van der Waals surface area contributed by atoms with Crippen LogP contribution in [0, 0.1) is 0 Å². The largest absolute Gasteiger partial charge is 0.444 e. The van der Waals surface area contributed by atoms with Crippen LogP contribution < -0.4 is 10.6 Å². The molecule has 0 bridgehead atoms. The third kappa shape index (κ3) is 3.89. The highest BCUT2D eigenvalue weighted by Gasteiger charge is 2.44. The first kappa shape index (κ1) is 15.1. The summed E-state index contributed by atoms with van der Waals surface area (Å²) in [5.74, 6) is 0. The van der Waals surface area contributed by atoms with Crippen LogP contribution in [-0.4, -0.2) is 53.9 Å². The van der Waals surface area contributed by atoms with Gasteiger partial charge in [0.25, 0.3) is 0 Å². The summed E-state index contributed by atoms with van der Waals surface area (Å²) in [5, 5.41) is 6.73. The zero-order chi connectivity index (χ0) is 15.0. The third-order valence-corrected chi connectivity index (χ3v) is 4.78. The van der Waals surface area contributed by atoms with Gasteiger partial charge in [-0.05, 0) is 53.0 Å². The molecule has 5 nitrogen and oxygen atoms in total. The molecule has 3 aliphatic rings. The minimum Gasteiger partial charge on any atom is -0.444 e. The Morgan fingerprint density at radius 3 is 2.67 bits per heavy atom. The van der Waals surface area contributed by atoms with Crippen molar-refractivity contribution < 1.29 is 9.53 Å². The molecule has 2 N–H and O–H groups in total. The summed E-state index contributed by atoms with van der Waals surface area (Å²) in [6, 6.07) is 2.02. The average Bonchev–Trinajstić information content (AvgIpc) is 2.96. The van der Waals surface area contributed by atoms with Crippen molar-refractivity contribution in [1.82, 2.24) is 15.5 Å². The molecule has 2 aliphatic heterocycles. The average molecular weight is 295 g/mol. The number of ether oxygens (including phenoxy) is 1. The Bertz CT molecular complexity index is 393. The zero-order valence-electron chi connectivity index (χ0n) is 13.5. The molecule has 0 spiro atoms. The molecule has 120 valence electrons. The maximum atomic E-state index is 11.8. The molecule has 1 amide bonds. The van der Waals surface area contributed by atoms with Gasteiger partial charge in [-0.1, -0.05) is 6.42 Å². The lowest BCUT2D eigenvalue weighted by Gasteiger charge is -2.32. The number of carbonyl (C=O) groups excluding carboxylic acids is 1.